The molecule has 0 atom stereocenters. The van der Waals surface area contributed by atoms with Crippen molar-refractivity contribution in [3.05, 3.63) is 69.3 Å². The first kappa shape index (κ1) is 10.3. The standard InChI is InChI=1S/C14H11NOS/c16-14-15(8-9-17-14)10-12-6-3-5-11-4-1-2-7-13(11)12/h1-9H,10H2. The molecule has 0 aliphatic heterocycles. The summed E-state index contributed by atoms with van der Waals surface area (Å²) >= 11 is 1.24. The molecule has 0 bridgehead atoms. The van der Waals surface area contributed by atoms with Crippen LogP contribution in [0.5, 0.6) is 0 Å². The quantitative estimate of drug-likeness (QED) is 0.675. The number of thiazole rings is 1. The van der Waals surface area contributed by atoms with Crippen molar-refractivity contribution in [3.63, 3.8) is 0 Å². The van der Waals surface area contributed by atoms with Crippen molar-refractivity contribution in [1.29, 1.82) is 0 Å². The van der Waals surface area contributed by atoms with Crippen LogP contribution in [-0.2, 0) is 6.54 Å². The minimum atomic E-state index is 0.0953. The number of hydrogen-bond acceptors (Lipinski definition) is 2. The van der Waals surface area contributed by atoms with E-state index >= 15 is 0 Å². The lowest BCUT2D eigenvalue weighted by atomic mass is 10.0. The first-order valence-electron chi connectivity index (χ1n) is 5.45. The normalized spacial score (nSPS) is 10.8. The first-order chi connectivity index (χ1) is 8.34. The van der Waals surface area contributed by atoms with Crippen molar-refractivity contribution in [3.8, 4) is 0 Å². The number of aromatic nitrogens is 1. The topological polar surface area (TPSA) is 22.0 Å². The smallest absolute Gasteiger partial charge is 0.302 e. The maximum atomic E-state index is 11.5. The Kier molecular flexibility index (Phi) is 2.53. The molecular formula is C14H11NOS. The van der Waals surface area contributed by atoms with Crippen LogP contribution >= 0.6 is 11.3 Å². The Morgan fingerprint density at radius 2 is 1.88 bits per heavy atom. The maximum absolute atomic E-state index is 11.5. The summed E-state index contributed by atoms with van der Waals surface area (Å²) in [5, 5.41) is 4.26. The zero-order valence-corrected chi connectivity index (χ0v) is 9.98. The van der Waals surface area contributed by atoms with E-state index < -0.39 is 0 Å². The number of nitrogens with zero attached hydrogens (tertiary/aromatic N) is 1. The van der Waals surface area contributed by atoms with E-state index in [2.05, 4.69) is 24.3 Å². The third-order valence-corrected chi connectivity index (χ3v) is 3.56. The predicted octanol–water partition coefficient (Wildman–Crippen LogP) is 3.11. The van der Waals surface area contributed by atoms with Crippen molar-refractivity contribution in [2.75, 3.05) is 0 Å². The predicted molar refractivity (Wildman–Crippen MR) is 71.6 cm³/mol. The van der Waals surface area contributed by atoms with Gasteiger partial charge in [0.05, 0.1) is 6.54 Å². The van der Waals surface area contributed by atoms with Gasteiger partial charge < -0.3 is 4.57 Å². The van der Waals surface area contributed by atoms with E-state index in [1.165, 1.54) is 27.7 Å². The lowest BCUT2D eigenvalue weighted by Crippen LogP contribution is -2.12. The number of rotatable bonds is 2. The monoisotopic (exact) mass is 241 g/mol. The van der Waals surface area contributed by atoms with E-state index in [-0.39, 0.29) is 4.87 Å². The van der Waals surface area contributed by atoms with E-state index in [0.717, 1.165) is 0 Å². The summed E-state index contributed by atoms with van der Waals surface area (Å²) in [5.74, 6) is 0. The summed E-state index contributed by atoms with van der Waals surface area (Å²) < 4.78 is 1.74. The lowest BCUT2D eigenvalue weighted by Gasteiger charge is -2.06. The second-order valence-electron chi connectivity index (χ2n) is 3.94. The van der Waals surface area contributed by atoms with Gasteiger partial charge in [-0.05, 0) is 16.3 Å². The van der Waals surface area contributed by atoms with Gasteiger partial charge in [-0.3, -0.25) is 4.79 Å². The molecule has 1 heterocycles. The summed E-state index contributed by atoms with van der Waals surface area (Å²) in [4.78, 5) is 11.6. The van der Waals surface area contributed by atoms with Crippen LogP contribution < -0.4 is 4.87 Å². The van der Waals surface area contributed by atoms with E-state index in [0.29, 0.717) is 6.54 Å². The molecule has 2 nitrogen and oxygen atoms in total. The van der Waals surface area contributed by atoms with Gasteiger partial charge in [-0.1, -0.05) is 53.8 Å². The molecule has 0 amide bonds. The van der Waals surface area contributed by atoms with Gasteiger partial charge in [-0.15, -0.1) is 0 Å². The molecule has 0 saturated heterocycles. The Labute approximate surface area is 103 Å². The van der Waals surface area contributed by atoms with Gasteiger partial charge in [0.1, 0.15) is 0 Å². The van der Waals surface area contributed by atoms with Crippen LogP contribution in [0.1, 0.15) is 5.56 Å². The summed E-state index contributed by atoms with van der Waals surface area (Å²) in [6.07, 6.45) is 1.84. The molecular weight excluding hydrogens is 230 g/mol. The van der Waals surface area contributed by atoms with Crippen molar-refractivity contribution in [2.24, 2.45) is 0 Å². The maximum Gasteiger partial charge on any atom is 0.307 e. The molecule has 0 aliphatic carbocycles. The third-order valence-electron chi connectivity index (χ3n) is 2.86. The third kappa shape index (κ3) is 1.89. The van der Waals surface area contributed by atoms with E-state index in [4.69, 9.17) is 0 Å². The second-order valence-corrected chi connectivity index (χ2v) is 4.79. The molecule has 0 aliphatic rings. The van der Waals surface area contributed by atoms with Crippen LogP contribution in [0.3, 0.4) is 0 Å². The summed E-state index contributed by atoms with van der Waals surface area (Å²) in [5.41, 5.74) is 1.18. The summed E-state index contributed by atoms with van der Waals surface area (Å²) in [6.45, 7) is 0.643. The first-order valence-corrected chi connectivity index (χ1v) is 6.33. The summed E-state index contributed by atoms with van der Waals surface area (Å²) in [7, 11) is 0. The van der Waals surface area contributed by atoms with E-state index in [9.17, 15) is 4.79 Å². The summed E-state index contributed by atoms with van der Waals surface area (Å²) in [6, 6.07) is 14.5. The SMILES string of the molecule is O=c1sccn1Cc1cccc2ccccc12. The largest absolute Gasteiger partial charge is 0.307 e. The van der Waals surface area contributed by atoms with Gasteiger partial charge >= 0.3 is 4.87 Å². The molecule has 3 heteroatoms. The van der Waals surface area contributed by atoms with Crippen LogP contribution in [-0.4, -0.2) is 4.57 Å². The average molecular weight is 241 g/mol. The average Bonchev–Trinajstić information content (AvgIpc) is 2.76. The highest BCUT2D eigenvalue weighted by molar-refractivity contribution is 7.07. The van der Waals surface area contributed by atoms with Gasteiger partial charge in [0.15, 0.2) is 0 Å². The molecule has 3 rings (SSSR count). The molecule has 0 unspecified atom stereocenters. The molecule has 0 fully saturated rings. The fourth-order valence-electron chi connectivity index (χ4n) is 2.02. The molecule has 0 spiro atoms. The highest BCUT2D eigenvalue weighted by atomic mass is 32.1. The van der Waals surface area contributed by atoms with E-state index in [1.54, 1.807) is 4.57 Å². The zero-order chi connectivity index (χ0) is 11.7. The van der Waals surface area contributed by atoms with Crippen LogP contribution in [0, 0.1) is 0 Å². The number of fused-ring (bicyclic) bond motifs is 1. The van der Waals surface area contributed by atoms with Crippen LogP contribution in [0.15, 0.2) is 58.8 Å². The van der Waals surface area contributed by atoms with Crippen molar-refractivity contribution < 1.29 is 0 Å². The Bertz CT molecular complexity index is 706. The van der Waals surface area contributed by atoms with E-state index in [1.807, 2.05) is 29.8 Å². The molecule has 0 radical (unpaired) electrons. The lowest BCUT2D eigenvalue weighted by molar-refractivity contribution is 0.789. The molecule has 3 aromatic rings. The molecule has 2 aromatic carbocycles. The molecule has 0 saturated carbocycles. The fraction of sp³-hybridized carbons (Fsp3) is 0.0714. The van der Waals surface area contributed by atoms with Crippen molar-refractivity contribution >= 4 is 22.1 Å². The zero-order valence-electron chi connectivity index (χ0n) is 9.17. The van der Waals surface area contributed by atoms with Gasteiger partial charge in [-0.2, -0.15) is 0 Å². The second kappa shape index (κ2) is 4.18. The molecule has 1 aromatic heterocycles. The molecule has 84 valence electrons. The minimum Gasteiger partial charge on any atom is -0.302 e. The van der Waals surface area contributed by atoms with Crippen LogP contribution in [0.4, 0.5) is 0 Å². The van der Waals surface area contributed by atoms with Gasteiger partial charge in [0.2, 0.25) is 0 Å². The Hall–Kier alpha value is -1.87. The highest BCUT2D eigenvalue weighted by Gasteiger charge is 2.02. The number of benzene rings is 2. The minimum absolute atomic E-state index is 0.0953. The van der Waals surface area contributed by atoms with Gasteiger partial charge in [0, 0.05) is 11.6 Å². The Balaban J connectivity index is 2.12. The van der Waals surface area contributed by atoms with Crippen LogP contribution in [0.2, 0.25) is 0 Å². The van der Waals surface area contributed by atoms with Gasteiger partial charge in [0.25, 0.3) is 0 Å². The van der Waals surface area contributed by atoms with Crippen molar-refractivity contribution in [1.82, 2.24) is 4.57 Å². The molecule has 0 N–H and O–H groups in total. The van der Waals surface area contributed by atoms with Crippen LogP contribution in [0.25, 0.3) is 10.8 Å². The molecule has 17 heavy (non-hydrogen) atoms. The Morgan fingerprint density at radius 1 is 1.06 bits per heavy atom. The Morgan fingerprint density at radius 3 is 2.71 bits per heavy atom. The number of hydrogen-bond donors (Lipinski definition) is 0. The van der Waals surface area contributed by atoms with Crippen molar-refractivity contribution in [2.45, 2.75) is 6.54 Å². The fourth-order valence-corrected chi connectivity index (χ4v) is 2.61. The van der Waals surface area contributed by atoms with Gasteiger partial charge in [-0.25, -0.2) is 0 Å². The highest BCUT2D eigenvalue weighted by Crippen LogP contribution is 2.19.